The highest BCUT2D eigenvalue weighted by molar-refractivity contribution is 5.94. The Morgan fingerprint density at radius 3 is 2.93 bits per heavy atom. The maximum Gasteiger partial charge on any atom is 0.227 e. The van der Waals surface area contributed by atoms with Crippen LogP contribution in [0.3, 0.4) is 0 Å². The summed E-state index contributed by atoms with van der Waals surface area (Å²) in [6, 6.07) is 17.1. The number of fused-ring (bicyclic) bond motifs is 2. The molecule has 0 N–H and O–H groups in total. The van der Waals surface area contributed by atoms with Crippen LogP contribution in [0.4, 0.5) is 5.69 Å². The van der Waals surface area contributed by atoms with E-state index in [1.54, 1.807) is 12.1 Å². The Balaban J connectivity index is 1.36. The molecular formula is C22H22N2O3. The molecule has 1 aromatic heterocycles. The van der Waals surface area contributed by atoms with Gasteiger partial charge in [0, 0.05) is 30.8 Å². The summed E-state index contributed by atoms with van der Waals surface area (Å²) in [5, 5.41) is 12.6. The Labute approximate surface area is 158 Å². The van der Waals surface area contributed by atoms with Crippen molar-refractivity contribution in [2.75, 3.05) is 18.1 Å². The molecule has 0 atom stereocenters. The van der Waals surface area contributed by atoms with Gasteiger partial charge in [-0.25, -0.2) is 0 Å². The Morgan fingerprint density at radius 1 is 1.11 bits per heavy atom. The Kier molecular flexibility index (Phi) is 4.92. The van der Waals surface area contributed by atoms with Gasteiger partial charge in [-0.1, -0.05) is 24.3 Å². The summed E-state index contributed by atoms with van der Waals surface area (Å²) in [6.07, 6.45) is 4.59. The number of hydrogen-bond acceptors (Lipinski definition) is 3. The van der Waals surface area contributed by atoms with Crippen molar-refractivity contribution in [2.24, 2.45) is 0 Å². The average molecular weight is 362 g/mol. The van der Waals surface area contributed by atoms with Crippen LogP contribution >= 0.6 is 0 Å². The van der Waals surface area contributed by atoms with Crippen LogP contribution < -0.4 is 14.4 Å². The highest BCUT2D eigenvalue weighted by Gasteiger charge is 2.21. The third-order valence-electron chi connectivity index (χ3n) is 4.97. The summed E-state index contributed by atoms with van der Waals surface area (Å²) in [6.45, 7) is 1.22. The van der Waals surface area contributed by atoms with Crippen molar-refractivity contribution in [2.45, 2.75) is 25.7 Å². The van der Waals surface area contributed by atoms with Gasteiger partial charge in [0.1, 0.15) is 5.75 Å². The lowest BCUT2D eigenvalue weighted by Gasteiger charge is -2.29. The summed E-state index contributed by atoms with van der Waals surface area (Å²) in [7, 11) is 0. The fourth-order valence-corrected chi connectivity index (χ4v) is 3.65. The molecular weight excluding hydrogens is 340 g/mol. The summed E-state index contributed by atoms with van der Waals surface area (Å²) < 4.78 is 6.69. The van der Waals surface area contributed by atoms with Gasteiger partial charge in [0.25, 0.3) is 0 Å². The van der Waals surface area contributed by atoms with E-state index in [1.165, 1.54) is 11.8 Å². The summed E-state index contributed by atoms with van der Waals surface area (Å²) in [5.41, 5.74) is 2.87. The number of carbonyl (C=O) groups is 1. The van der Waals surface area contributed by atoms with Gasteiger partial charge in [-0.3, -0.25) is 4.79 Å². The first-order chi connectivity index (χ1) is 13.2. The van der Waals surface area contributed by atoms with Gasteiger partial charge in [-0.05, 0) is 43.0 Å². The number of benzene rings is 2. The lowest BCUT2D eigenvalue weighted by Crippen LogP contribution is -2.35. The zero-order chi connectivity index (χ0) is 18.6. The molecule has 0 saturated heterocycles. The van der Waals surface area contributed by atoms with Crippen LogP contribution in [0.25, 0.3) is 10.9 Å². The third-order valence-corrected chi connectivity index (χ3v) is 4.97. The van der Waals surface area contributed by atoms with E-state index in [9.17, 15) is 10.0 Å². The van der Waals surface area contributed by atoms with Crippen LogP contribution in [0.2, 0.25) is 0 Å². The summed E-state index contributed by atoms with van der Waals surface area (Å²) >= 11 is 0. The molecule has 1 aliphatic heterocycles. The molecule has 3 aromatic rings. The van der Waals surface area contributed by atoms with Crippen LogP contribution in [0.5, 0.6) is 5.75 Å². The van der Waals surface area contributed by atoms with Crippen molar-refractivity contribution in [3.05, 3.63) is 71.6 Å². The van der Waals surface area contributed by atoms with Gasteiger partial charge in [-0.15, -0.1) is 0 Å². The molecule has 1 aliphatic rings. The lowest BCUT2D eigenvalue weighted by molar-refractivity contribution is -0.577. The van der Waals surface area contributed by atoms with E-state index < -0.39 is 0 Å². The SMILES string of the molecule is O=C(CCCOc1cccc2c1ccc[n+]2[O-])N1CCCc2ccccc21. The number of aryl methyl sites for hydroxylation is 1. The zero-order valence-electron chi connectivity index (χ0n) is 15.1. The summed E-state index contributed by atoms with van der Waals surface area (Å²) in [5.74, 6) is 0.814. The molecule has 5 nitrogen and oxygen atoms in total. The van der Waals surface area contributed by atoms with Gasteiger partial charge in [0.15, 0.2) is 6.20 Å². The average Bonchev–Trinajstić information content (AvgIpc) is 2.71. The molecule has 1 amide bonds. The van der Waals surface area contributed by atoms with Crippen LogP contribution in [0.1, 0.15) is 24.8 Å². The van der Waals surface area contributed by atoms with Crippen LogP contribution in [0.15, 0.2) is 60.8 Å². The van der Waals surface area contributed by atoms with Crippen molar-refractivity contribution in [1.29, 1.82) is 0 Å². The molecule has 0 bridgehead atoms. The second-order valence-corrected chi connectivity index (χ2v) is 6.75. The molecule has 5 heteroatoms. The summed E-state index contributed by atoms with van der Waals surface area (Å²) in [4.78, 5) is 14.6. The maximum atomic E-state index is 12.7. The quantitative estimate of drug-likeness (QED) is 0.396. The van der Waals surface area contributed by atoms with E-state index >= 15 is 0 Å². The van der Waals surface area contributed by atoms with Crippen molar-refractivity contribution < 1.29 is 14.3 Å². The number of anilines is 1. The molecule has 0 saturated carbocycles. The first kappa shape index (κ1) is 17.3. The van der Waals surface area contributed by atoms with E-state index in [1.807, 2.05) is 41.3 Å². The largest absolute Gasteiger partial charge is 0.618 e. The van der Waals surface area contributed by atoms with Crippen molar-refractivity contribution in [3.8, 4) is 5.75 Å². The van der Waals surface area contributed by atoms with E-state index in [-0.39, 0.29) is 5.91 Å². The normalized spacial score (nSPS) is 13.4. The monoisotopic (exact) mass is 362 g/mol. The number of amides is 1. The van der Waals surface area contributed by atoms with E-state index in [0.29, 0.717) is 30.7 Å². The van der Waals surface area contributed by atoms with E-state index in [2.05, 4.69) is 6.07 Å². The predicted octanol–water partition coefficient (Wildman–Crippen LogP) is 3.61. The Bertz CT molecular complexity index is 971. The Hall–Kier alpha value is -3.08. The molecule has 2 heterocycles. The highest BCUT2D eigenvalue weighted by atomic mass is 16.5. The minimum atomic E-state index is 0.140. The second kappa shape index (κ2) is 7.66. The fraction of sp³-hybridized carbons (Fsp3) is 0.273. The van der Waals surface area contributed by atoms with Gasteiger partial charge >= 0.3 is 0 Å². The minimum absolute atomic E-state index is 0.140. The topological polar surface area (TPSA) is 56.5 Å². The molecule has 27 heavy (non-hydrogen) atoms. The van der Waals surface area contributed by atoms with Crippen LogP contribution in [-0.4, -0.2) is 19.1 Å². The molecule has 0 aliphatic carbocycles. The van der Waals surface area contributed by atoms with Crippen molar-refractivity contribution in [3.63, 3.8) is 0 Å². The van der Waals surface area contributed by atoms with Gasteiger partial charge in [0.2, 0.25) is 11.4 Å². The molecule has 4 rings (SSSR count). The molecule has 0 unspecified atom stereocenters. The number of para-hydroxylation sites is 1. The number of pyridine rings is 1. The number of carbonyl (C=O) groups excluding carboxylic acids is 1. The van der Waals surface area contributed by atoms with Crippen molar-refractivity contribution in [1.82, 2.24) is 0 Å². The molecule has 0 radical (unpaired) electrons. The first-order valence-corrected chi connectivity index (χ1v) is 9.36. The third kappa shape index (κ3) is 3.58. The predicted molar refractivity (Wildman–Crippen MR) is 105 cm³/mol. The first-order valence-electron chi connectivity index (χ1n) is 9.36. The zero-order valence-corrected chi connectivity index (χ0v) is 15.1. The molecule has 0 spiro atoms. The number of rotatable bonds is 5. The van der Waals surface area contributed by atoms with Gasteiger partial charge in [0.05, 0.1) is 12.0 Å². The van der Waals surface area contributed by atoms with E-state index in [0.717, 1.165) is 35.2 Å². The minimum Gasteiger partial charge on any atom is -0.618 e. The fourth-order valence-electron chi connectivity index (χ4n) is 3.65. The number of hydrogen-bond donors (Lipinski definition) is 0. The lowest BCUT2D eigenvalue weighted by atomic mass is 10.0. The molecule has 138 valence electrons. The van der Waals surface area contributed by atoms with E-state index in [4.69, 9.17) is 4.74 Å². The van der Waals surface area contributed by atoms with Gasteiger partial charge < -0.3 is 14.8 Å². The Morgan fingerprint density at radius 2 is 2.00 bits per heavy atom. The standard InChI is InChI=1S/C22H22N2O3/c25-22(23-14-4-8-17-7-1-2-10-19(17)23)13-6-16-27-21-12-3-11-20-18(21)9-5-15-24(20)26/h1-3,5,7,9-12,15H,4,6,8,13-14,16H2. The number of ether oxygens (including phenoxy) is 1. The highest BCUT2D eigenvalue weighted by Crippen LogP contribution is 2.27. The number of nitrogens with zero attached hydrogens (tertiary/aromatic N) is 2. The van der Waals surface area contributed by atoms with Crippen molar-refractivity contribution >= 4 is 22.5 Å². The molecule has 2 aromatic carbocycles. The van der Waals surface area contributed by atoms with Gasteiger partial charge in [-0.2, -0.15) is 4.73 Å². The number of aromatic nitrogens is 1. The second-order valence-electron chi connectivity index (χ2n) is 6.75. The maximum absolute atomic E-state index is 12.7. The van der Waals surface area contributed by atoms with Crippen LogP contribution in [-0.2, 0) is 11.2 Å². The smallest absolute Gasteiger partial charge is 0.227 e. The van der Waals surface area contributed by atoms with Crippen LogP contribution in [0, 0.1) is 5.21 Å². The molecule has 0 fully saturated rings.